The first-order valence-corrected chi connectivity index (χ1v) is 24.9. The summed E-state index contributed by atoms with van der Waals surface area (Å²) in [4.78, 5) is 13.1. The number of aliphatic hydroxyl groups excluding tert-OH is 8. The molecule has 0 aliphatic carbocycles. The van der Waals surface area contributed by atoms with Gasteiger partial charge in [0.1, 0.15) is 48.8 Å². The summed E-state index contributed by atoms with van der Waals surface area (Å²) in [7, 11) is 0. The molecule has 0 radical (unpaired) electrons. The fraction of sp³-hybridized carbons (Fsp3) is 0.938. The van der Waals surface area contributed by atoms with E-state index in [1.807, 2.05) is 6.08 Å². The van der Waals surface area contributed by atoms with Crippen LogP contribution in [0.2, 0.25) is 0 Å². The van der Waals surface area contributed by atoms with Crippen LogP contribution in [0.5, 0.6) is 0 Å². The lowest BCUT2D eigenvalue weighted by atomic mass is 9.97. The summed E-state index contributed by atoms with van der Waals surface area (Å²) in [5.74, 6) is -0.240. The van der Waals surface area contributed by atoms with Crippen LogP contribution in [0.1, 0.15) is 194 Å². The Morgan fingerprint density at radius 2 is 1.00 bits per heavy atom. The van der Waals surface area contributed by atoms with Gasteiger partial charge in [0.25, 0.3) is 0 Å². The Hall–Kier alpha value is -1.27. The molecule has 0 aromatic rings. The molecule has 9 N–H and O–H groups in total. The highest BCUT2D eigenvalue weighted by Gasteiger charge is 2.51. The first-order valence-electron chi connectivity index (χ1n) is 24.9. The van der Waals surface area contributed by atoms with Gasteiger partial charge in [-0.25, -0.2) is 0 Å². The van der Waals surface area contributed by atoms with Gasteiger partial charge in [-0.15, -0.1) is 0 Å². The van der Waals surface area contributed by atoms with Gasteiger partial charge in [0.05, 0.1) is 32.0 Å². The highest BCUT2D eigenvalue weighted by Crippen LogP contribution is 2.30. The lowest BCUT2D eigenvalue weighted by Gasteiger charge is -2.46. The Kier molecular flexibility index (Phi) is 32.9. The van der Waals surface area contributed by atoms with Crippen LogP contribution in [0, 0.1) is 0 Å². The highest BCUT2D eigenvalue weighted by atomic mass is 16.7. The maximum Gasteiger partial charge on any atom is 0.220 e. The van der Waals surface area contributed by atoms with Crippen LogP contribution in [-0.2, 0) is 23.7 Å². The molecule has 0 aromatic carbocycles. The predicted molar refractivity (Wildman–Crippen MR) is 240 cm³/mol. The number of unbranched alkanes of at least 4 members (excludes halogenated alkanes) is 25. The van der Waals surface area contributed by atoms with E-state index >= 15 is 0 Å². The van der Waals surface area contributed by atoms with E-state index in [0.717, 1.165) is 38.5 Å². The van der Waals surface area contributed by atoms with E-state index in [9.17, 15) is 45.6 Å². The van der Waals surface area contributed by atoms with Gasteiger partial charge in [-0.3, -0.25) is 4.79 Å². The zero-order valence-electron chi connectivity index (χ0n) is 38.6. The molecule has 2 aliphatic rings. The van der Waals surface area contributed by atoms with Crippen molar-refractivity contribution in [3.8, 4) is 0 Å². The van der Waals surface area contributed by atoms with E-state index < -0.39 is 86.8 Å². The van der Waals surface area contributed by atoms with Crippen molar-refractivity contribution in [1.29, 1.82) is 0 Å². The number of amides is 1. The molecule has 0 bridgehead atoms. The molecule has 2 fully saturated rings. The minimum atomic E-state index is -1.78. The number of hydrogen-bond donors (Lipinski definition) is 9. The maximum atomic E-state index is 13.1. The second kappa shape index (κ2) is 35.9. The fourth-order valence-electron chi connectivity index (χ4n) is 8.35. The standard InChI is InChI=1S/C48H91NO13/c1-3-5-7-9-11-13-15-16-17-18-19-20-22-23-25-27-29-31-37(52)36(49-40(53)32-30-28-26-24-21-14-12-10-8-6-4-2)35-59-47-45(58)43(56)46(39(34-51)61-47)62-48-44(57)42(55)41(54)38(33-50)60-48/h29,31,36-39,41-48,50-52,54-58H,3-28,30,32-35H2,1-2H3,(H,49,53)/b31-29+. The summed E-state index contributed by atoms with van der Waals surface area (Å²) in [6, 6.07) is -0.906. The van der Waals surface area contributed by atoms with Gasteiger partial charge in [-0.2, -0.15) is 0 Å². The number of ether oxygens (including phenoxy) is 4. The van der Waals surface area contributed by atoms with Crippen LogP contribution in [0.4, 0.5) is 0 Å². The number of carbonyl (C=O) groups excluding carboxylic acids is 1. The molecule has 0 spiro atoms. The maximum absolute atomic E-state index is 13.1. The molecule has 0 aromatic heterocycles. The fourth-order valence-corrected chi connectivity index (χ4v) is 8.35. The van der Waals surface area contributed by atoms with Crippen molar-refractivity contribution in [3.63, 3.8) is 0 Å². The topological polar surface area (TPSA) is 228 Å². The minimum Gasteiger partial charge on any atom is -0.394 e. The second-order valence-electron chi connectivity index (χ2n) is 18.0. The van der Waals surface area contributed by atoms with Crippen LogP contribution in [0.25, 0.3) is 0 Å². The van der Waals surface area contributed by atoms with Gasteiger partial charge >= 0.3 is 0 Å². The lowest BCUT2D eigenvalue weighted by Crippen LogP contribution is -2.65. The zero-order chi connectivity index (χ0) is 45.4. The Morgan fingerprint density at radius 1 is 0.565 bits per heavy atom. The van der Waals surface area contributed by atoms with Crippen LogP contribution >= 0.6 is 0 Å². The van der Waals surface area contributed by atoms with Crippen molar-refractivity contribution in [2.75, 3.05) is 19.8 Å². The molecule has 14 heteroatoms. The summed E-state index contributed by atoms with van der Waals surface area (Å²) >= 11 is 0. The van der Waals surface area contributed by atoms with E-state index in [2.05, 4.69) is 19.2 Å². The molecule has 62 heavy (non-hydrogen) atoms. The molecule has 12 unspecified atom stereocenters. The van der Waals surface area contributed by atoms with Crippen LogP contribution < -0.4 is 5.32 Å². The lowest BCUT2D eigenvalue weighted by molar-refractivity contribution is -0.359. The largest absolute Gasteiger partial charge is 0.394 e. The van der Waals surface area contributed by atoms with Gasteiger partial charge < -0.3 is 65.1 Å². The average Bonchev–Trinajstić information content (AvgIpc) is 3.27. The van der Waals surface area contributed by atoms with Crippen molar-refractivity contribution >= 4 is 5.91 Å². The smallest absolute Gasteiger partial charge is 0.220 e. The zero-order valence-corrected chi connectivity index (χ0v) is 38.6. The molecule has 2 aliphatic heterocycles. The predicted octanol–water partition coefficient (Wildman–Crippen LogP) is 5.99. The Morgan fingerprint density at radius 3 is 1.48 bits per heavy atom. The SMILES string of the molecule is CCCCCCCCCCCCCCCCC/C=C/C(O)C(COC1OC(CO)C(OC2OC(CO)C(O)C(O)C2O)C(O)C1O)NC(=O)CCCCCCCCCCCCC. The summed E-state index contributed by atoms with van der Waals surface area (Å²) in [6.45, 7) is 2.77. The van der Waals surface area contributed by atoms with Crippen LogP contribution in [0.15, 0.2) is 12.2 Å². The normalized spacial score (nSPS) is 27.8. The molecule has 12 atom stereocenters. The van der Waals surface area contributed by atoms with E-state index in [0.29, 0.717) is 6.42 Å². The molecule has 2 heterocycles. The number of rotatable bonds is 38. The number of aliphatic hydroxyl groups is 8. The van der Waals surface area contributed by atoms with Crippen molar-refractivity contribution in [3.05, 3.63) is 12.2 Å². The minimum absolute atomic E-state index is 0.240. The number of allylic oxidation sites excluding steroid dienone is 1. The van der Waals surface area contributed by atoms with Crippen molar-refractivity contribution in [2.24, 2.45) is 0 Å². The Labute approximate surface area is 374 Å². The van der Waals surface area contributed by atoms with Crippen LogP contribution in [-0.4, -0.2) is 140 Å². The van der Waals surface area contributed by atoms with Gasteiger partial charge in [0, 0.05) is 6.42 Å². The molecule has 366 valence electrons. The van der Waals surface area contributed by atoms with E-state index in [1.54, 1.807) is 6.08 Å². The monoisotopic (exact) mass is 890 g/mol. The second-order valence-corrected chi connectivity index (χ2v) is 18.0. The third-order valence-corrected chi connectivity index (χ3v) is 12.5. The van der Waals surface area contributed by atoms with Crippen LogP contribution in [0.3, 0.4) is 0 Å². The first-order chi connectivity index (χ1) is 30.1. The van der Waals surface area contributed by atoms with Gasteiger partial charge in [0.2, 0.25) is 5.91 Å². The molecule has 1 amide bonds. The number of hydrogen-bond acceptors (Lipinski definition) is 13. The molecule has 2 saturated heterocycles. The molecule has 14 nitrogen and oxygen atoms in total. The third kappa shape index (κ3) is 23.3. The quantitative estimate of drug-likeness (QED) is 0.0257. The number of carbonyl (C=O) groups is 1. The van der Waals surface area contributed by atoms with E-state index in [1.165, 1.54) is 128 Å². The van der Waals surface area contributed by atoms with Crippen molar-refractivity contribution < 1.29 is 64.6 Å². The van der Waals surface area contributed by atoms with Gasteiger partial charge in [-0.1, -0.05) is 180 Å². The van der Waals surface area contributed by atoms with E-state index in [-0.39, 0.29) is 18.9 Å². The molecular formula is C48H91NO13. The summed E-state index contributed by atoms with van der Waals surface area (Å²) < 4.78 is 22.7. The number of nitrogens with one attached hydrogen (secondary N) is 1. The summed E-state index contributed by atoms with van der Waals surface area (Å²) in [5, 5.41) is 86.6. The van der Waals surface area contributed by atoms with Crippen molar-refractivity contribution in [2.45, 2.75) is 267 Å². The Bertz CT molecular complexity index is 1100. The molecule has 0 saturated carbocycles. The third-order valence-electron chi connectivity index (χ3n) is 12.5. The molecular weight excluding hydrogens is 799 g/mol. The Balaban J connectivity index is 1.86. The summed E-state index contributed by atoms with van der Waals surface area (Å²) in [6.07, 6.45) is 19.7. The molecule has 2 rings (SSSR count). The van der Waals surface area contributed by atoms with E-state index in [4.69, 9.17) is 18.9 Å². The van der Waals surface area contributed by atoms with Gasteiger partial charge in [0.15, 0.2) is 12.6 Å². The van der Waals surface area contributed by atoms with Gasteiger partial charge in [-0.05, 0) is 19.3 Å². The van der Waals surface area contributed by atoms with Crippen molar-refractivity contribution in [1.82, 2.24) is 5.32 Å². The highest BCUT2D eigenvalue weighted by molar-refractivity contribution is 5.76. The average molecular weight is 890 g/mol. The first kappa shape index (κ1) is 56.9. The summed E-state index contributed by atoms with van der Waals surface area (Å²) in [5.41, 5.74) is 0.